The number of fused-ring (bicyclic) bond motifs is 1. The molecule has 33 heavy (non-hydrogen) atoms. The van der Waals surface area contributed by atoms with Crippen LogP contribution in [-0.2, 0) is 23.1 Å². The molecule has 3 aromatic rings. The second kappa shape index (κ2) is 11.5. The smallest absolute Gasteiger partial charge is 0.367 e. The van der Waals surface area contributed by atoms with E-state index in [4.69, 9.17) is 34.9 Å². The monoisotopic (exact) mass is 493 g/mol. The van der Waals surface area contributed by atoms with Crippen LogP contribution in [0.2, 0.25) is 5.02 Å². The third-order valence-electron chi connectivity index (χ3n) is 4.33. The van der Waals surface area contributed by atoms with Crippen molar-refractivity contribution >= 4 is 36.1 Å². The van der Waals surface area contributed by atoms with Crippen LogP contribution in [0.4, 0.5) is 0 Å². The number of esters is 1. The molecule has 3 rings (SSSR count). The van der Waals surface area contributed by atoms with Crippen molar-refractivity contribution in [2.24, 2.45) is 0 Å². The minimum absolute atomic E-state index is 0.179. The van der Waals surface area contributed by atoms with Crippen LogP contribution < -0.4 is 9.47 Å². The summed E-state index contributed by atoms with van der Waals surface area (Å²) < 4.78 is 39.1. The Morgan fingerprint density at radius 1 is 1.00 bits per heavy atom. The van der Waals surface area contributed by atoms with Crippen molar-refractivity contribution in [2.45, 2.75) is 26.9 Å². The summed E-state index contributed by atoms with van der Waals surface area (Å²) in [5.74, 6) is 0.734. The average molecular weight is 494 g/mol. The van der Waals surface area contributed by atoms with E-state index < -0.39 is 26.0 Å². The Morgan fingerprint density at radius 3 is 2.33 bits per heavy atom. The fourth-order valence-corrected chi connectivity index (χ4v) is 4.34. The van der Waals surface area contributed by atoms with Gasteiger partial charge in [0.25, 0.3) is 0 Å². The van der Waals surface area contributed by atoms with E-state index in [1.807, 2.05) is 18.2 Å². The third-order valence-corrected chi connectivity index (χ3v) is 6.32. The van der Waals surface area contributed by atoms with Crippen molar-refractivity contribution in [3.63, 3.8) is 0 Å². The van der Waals surface area contributed by atoms with E-state index in [0.717, 1.165) is 10.9 Å². The Hall–Kier alpha value is -2.64. The molecular formula is C23H25ClNO7P. The number of carbonyl (C=O) groups is 1. The van der Waals surface area contributed by atoms with Gasteiger partial charge in [-0.3, -0.25) is 4.57 Å². The molecule has 8 nitrogen and oxygen atoms in total. The first-order valence-electron chi connectivity index (χ1n) is 10.4. The van der Waals surface area contributed by atoms with Crippen molar-refractivity contribution in [2.75, 3.05) is 19.6 Å². The van der Waals surface area contributed by atoms with Gasteiger partial charge >= 0.3 is 13.6 Å². The summed E-state index contributed by atoms with van der Waals surface area (Å²) in [6.45, 7) is 5.25. The SMILES string of the molecule is CCOP(=O)(COC(=O)[C@@H](C)Oc1ccc(Oc2ccc3cc(Cl)ccc3n2)cc1)OCC. The van der Waals surface area contributed by atoms with Gasteiger partial charge in [-0.1, -0.05) is 11.6 Å². The second-order valence-electron chi connectivity index (χ2n) is 6.86. The van der Waals surface area contributed by atoms with Crippen molar-refractivity contribution < 1.29 is 32.6 Å². The first-order valence-corrected chi connectivity index (χ1v) is 12.5. The lowest BCUT2D eigenvalue weighted by Crippen LogP contribution is -2.26. The van der Waals surface area contributed by atoms with Crippen molar-refractivity contribution in [3.8, 4) is 17.4 Å². The van der Waals surface area contributed by atoms with E-state index in [0.29, 0.717) is 22.4 Å². The number of benzene rings is 2. The molecule has 176 valence electrons. The maximum atomic E-state index is 12.4. The lowest BCUT2D eigenvalue weighted by Gasteiger charge is -2.18. The summed E-state index contributed by atoms with van der Waals surface area (Å²) in [4.78, 5) is 16.7. The summed E-state index contributed by atoms with van der Waals surface area (Å²) in [5.41, 5.74) is 0.766. The quantitative estimate of drug-likeness (QED) is 0.230. The highest BCUT2D eigenvalue weighted by Crippen LogP contribution is 2.47. The van der Waals surface area contributed by atoms with E-state index >= 15 is 0 Å². The van der Waals surface area contributed by atoms with E-state index in [1.54, 1.807) is 50.2 Å². The predicted octanol–water partition coefficient (Wildman–Crippen LogP) is 6.21. The summed E-state index contributed by atoms with van der Waals surface area (Å²) in [5, 5.41) is 1.56. The zero-order chi connectivity index (χ0) is 23.8. The second-order valence-corrected chi connectivity index (χ2v) is 9.29. The van der Waals surface area contributed by atoms with Crippen LogP contribution in [0.5, 0.6) is 17.4 Å². The molecular weight excluding hydrogens is 469 g/mol. The minimum Gasteiger partial charge on any atom is -0.479 e. The van der Waals surface area contributed by atoms with Crippen LogP contribution in [0.25, 0.3) is 10.9 Å². The number of hydrogen-bond donors (Lipinski definition) is 0. The molecule has 0 saturated carbocycles. The number of pyridine rings is 1. The van der Waals surface area contributed by atoms with Crippen LogP contribution in [0.3, 0.4) is 0 Å². The lowest BCUT2D eigenvalue weighted by atomic mass is 10.2. The van der Waals surface area contributed by atoms with Crippen molar-refractivity contribution in [1.82, 2.24) is 4.98 Å². The first kappa shape index (κ1) is 25.0. The first-order chi connectivity index (χ1) is 15.8. The van der Waals surface area contributed by atoms with E-state index in [-0.39, 0.29) is 13.2 Å². The standard InChI is InChI=1S/C23H25ClNO7P/c1-4-29-33(27,30-5-2)15-28-23(26)16(3)31-19-8-10-20(11-9-19)32-22-13-6-17-14-18(24)7-12-21(17)25-22/h6-14,16H,4-5,15H2,1-3H3/t16-/m1/s1. The lowest BCUT2D eigenvalue weighted by molar-refractivity contribution is -0.149. The molecule has 0 spiro atoms. The van der Waals surface area contributed by atoms with Crippen LogP contribution in [-0.4, -0.2) is 36.6 Å². The molecule has 0 aliphatic rings. The summed E-state index contributed by atoms with van der Waals surface area (Å²) in [6, 6.07) is 15.8. The van der Waals surface area contributed by atoms with Gasteiger partial charge in [0.2, 0.25) is 5.88 Å². The number of ether oxygens (including phenoxy) is 3. The molecule has 0 aliphatic carbocycles. The highest BCUT2D eigenvalue weighted by molar-refractivity contribution is 7.53. The van der Waals surface area contributed by atoms with Gasteiger partial charge in [0.15, 0.2) is 12.5 Å². The van der Waals surface area contributed by atoms with Crippen molar-refractivity contribution in [3.05, 3.63) is 59.6 Å². The molecule has 0 N–H and O–H groups in total. The molecule has 0 aliphatic heterocycles. The number of halogens is 1. The van der Waals surface area contributed by atoms with Crippen molar-refractivity contribution in [1.29, 1.82) is 0 Å². The Morgan fingerprint density at radius 2 is 1.67 bits per heavy atom. The summed E-state index contributed by atoms with van der Waals surface area (Å²) in [6.07, 6.45) is -1.40. The van der Waals surface area contributed by atoms with Gasteiger partial charge in [-0.05, 0) is 69.3 Å². The molecule has 2 aromatic carbocycles. The molecule has 10 heteroatoms. The normalized spacial score (nSPS) is 12.4. The van der Waals surface area contributed by atoms with Crippen LogP contribution in [0, 0.1) is 0 Å². The fraction of sp³-hybridized carbons (Fsp3) is 0.304. The largest absolute Gasteiger partial charge is 0.479 e. The van der Waals surface area contributed by atoms with Crippen LogP contribution >= 0.6 is 19.2 Å². The van der Waals surface area contributed by atoms with Gasteiger partial charge in [0, 0.05) is 16.5 Å². The van der Waals surface area contributed by atoms with Gasteiger partial charge in [-0.2, -0.15) is 0 Å². The zero-order valence-corrected chi connectivity index (χ0v) is 20.2. The van der Waals surface area contributed by atoms with Gasteiger partial charge in [-0.25, -0.2) is 9.78 Å². The molecule has 0 unspecified atom stereocenters. The molecule has 1 heterocycles. The van der Waals surface area contributed by atoms with Gasteiger partial charge in [0.1, 0.15) is 11.5 Å². The van der Waals surface area contributed by atoms with Crippen LogP contribution in [0.15, 0.2) is 54.6 Å². The molecule has 0 fully saturated rings. The Balaban J connectivity index is 1.55. The molecule has 1 atom stereocenters. The van der Waals surface area contributed by atoms with Gasteiger partial charge in [0.05, 0.1) is 18.7 Å². The predicted molar refractivity (Wildman–Crippen MR) is 125 cm³/mol. The Labute approximate surface area is 197 Å². The highest BCUT2D eigenvalue weighted by Gasteiger charge is 2.28. The summed E-state index contributed by atoms with van der Waals surface area (Å²) >= 11 is 6.00. The molecule has 0 saturated heterocycles. The highest BCUT2D eigenvalue weighted by atomic mass is 35.5. The number of nitrogens with zero attached hydrogens (tertiary/aromatic N) is 1. The fourth-order valence-electron chi connectivity index (χ4n) is 2.86. The maximum Gasteiger partial charge on any atom is 0.367 e. The van der Waals surface area contributed by atoms with E-state index in [1.165, 1.54) is 6.92 Å². The molecule has 0 amide bonds. The van der Waals surface area contributed by atoms with Gasteiger partial charge in [-0.15, -0.1) is 0 Å². The number of hydrogen-bond acceptors (Lipinski definition) is 8. The minimum atomic E-state index is -3.48. The summed E-state index contributed by atoms with van der Waals surface area (Å²) in [7, 11) is -3.48. The molecule has 1 aromatic heterocycles. The molecule has 0 radical (unpaired) electrons. The number of rotatable bonds is 11. The average Bonchev–Trinajstić information content (AvgIpc) is 2.79. The molecule has 0 bridgehead atoms. The third kappa shape index (κ3) is 7.17. The van der Waals surface area contributed by atoms with E-state index in [2.05, 4.69) is 4.98 Å². The Bertz CT molecular complexity index is 1130. The topological polar surface area (TPSA) is 93.2 Å². The Kier molecular flexibility index (Phi) is 8.69. The van der Waals surface area contributed by atoms with E-state index in [9.17, 15) is 9.36 Å². The van der Waals surface area contributed by atoms with Gasteiger partial charge < -0.3 is 23.3 Å². The zero-order valence-electron chi connectivity index (χ0n) is 18.5. The van der Waals surface area contributed by atoms with Crippen LogP contribution in [0.1, 0.15) is 20.8 Å². The maximum absolute atomic E-state index is 12.4. The number of carbonyl (C=O) groups excluding carboxylic acids is 1. The number of aromatic nitrogens is 1.